The maximum absolute atomic E-state index is 13.4. The first-order valence-electron chi connectivity index (χ1n) is 12.5. The first-order chi connectivity index (χ1) is 18.3. The van der Waals surface area contributed by atoms with E-state index in [-0.39, 0.29) is 17.2 Å². The third-order valence-corrected chi connectivity index (χ3v) is 7.53. The Morgan fingerprint density at radius 2 is 1.60 bits per heavy atom. The van der Waals surface area contributed by atoms with E-state index in [1.54, 1.807) is 24.9 Å². The van der Waals surface area contributed by atoms with Crippen LogP contribution in [0.1, 0.15) is 74.0 Å². The Morgan fingerprint density at radius 1 is 1.05 bits per heavy atom. The van der Waals surface area contributed by atoms with Crippen molar-refractivity contribution < 1.29 is 41.1 Å². The van der Waals surface area contributed by atoms with E-state index in [0.29, 0.717) is 59.5 Å². The zero-order valence-electron chi connectivity index (χ0n) is 23.0. The molecule has 0 aliphatic heterocycles. The van der Waals surface area contributed by atoms with Crippen LogP contribution in [-0.2, 0) is 12.4 Å². The highest BCUT2D eigenvalue weighted by atomic mass is 19.4. The van der Waals surface area contributed by atoms with Gasteiger partial charge in [-0.25, -0.2) is 0 Å². The van der Waals surface area contributed by atoms with E-state index < -0.39 is 46.1 Å². The molecular weight excluding hydrogens is 542 g/mol. The highest BCUT2D eigenvalue weighted by molar-refractivity contribution is 5.76. The molecule has 12 heteroatoms. The number of halogens is 6. The summed E-state index contributed by atoms with van der Waals surface area (Å²) in [5.41, 5.74) is -1.69. The largest absolute Gasteiger partial charge is 0.496 e. The molecule has 0 radical (unpaired) electrons. The van der Waals surface area contributed by atoms with Gasteiger partial charge in [-0.05, 0) is 73.9 Å². The fraction of sp³-hybridized carbons (Fsp3) is 0.500. The molecule has 220 valence electrons. The summed E-state index contributed by atoms with van der Waals surface area (Å²) in [5.74, 6) is 0.393. The Hall–Kier alpha value is -3.28. The second-order valence-corrected chi connectivity index (χ2v) is 11.0. The Morgan fingerprint density at radius 3 is 2.08 bits per heavy atom. The number of hydrogen-bond donors (Lipinski definition) is 1. The number of methoxy groups -OCH3 is 1. The van der Waals surface area contributed by atoms with Crippen molar-refractivity contribution >= 4 is 11.3 Å². The smallest absolute Gasteiger partial charge is 0.416 e. The summed E-state index contributed by atoms with van der Waals surface area (Å²) in [6.45, 7) is 7.10. The van der Waals surface area contributed by atoms with Gasteiger partial charge in [0.25, 0.3) is 5.69 Å². The molecule has 0 saturated heterocycles. The van der Waals surface area contributed by atoms with E-state index >= 15 is 0 Å². The molecule has 3 rings (SSSR count). The number of aliphatic hydroxyl groups is 1. The van der Waals surface area contributed by atoms with E-state index in [4.69, 9.17) is 4.74 Å². The maximum Gasteiger partial charge on any atom is 0.416 e. The zero-order valence-corrected chi connectivity index (χ0v) is 23.0. The van der Waals surface area contributed by atoms with Crippen LogP contribution < -0.4 is 4.74 Å². The fourth-order valence-electron chi connectivity index (χ4n) is 5.04. The second-order valence-electron chi connectivity index (χ2n) is 11.0. The van der Waals surface area contributed by atoms with Gasteiger partial charge in [0.2, 0.25) is 0 Å². The first kappa shape index (κ1) is 31.3. The lowest BCUT2D eigenvalue weighted by molar-refractivity contribution is -0.385. The van der Waals surface area contributed by atoms with Gasteiger partial charge in [0.05, 0.1) is 35.3 Å². The van der Waals surface area contributed by atoms with Crippen molar-refractivity contribution in [1.82, 2.24) is 4.90 Å². The van der Waals surface area contributed by atoms with Gasteiger partial charge in [-0.15, -0.1) is 0 Å². The van der Waals surface area contributed by atoms with Gasteiger partial charge in [-0.1, -0.05) is 13.8 Å². The Bertz CT molecular complexity index is 1280. The zero-order chi connectivity index (χ0) is 30.4. The third kappa shape index (κ3) is 6.54. The molecule has 0 bridgehead atoms. The second kappa shape index (κ2) is 10.9. The minimum atomic E-state index is -5.05. The van der Waals surface area contributed by atoms with Gasteiger partial charge < -0.3 is 14.7 Å². The van der Waals surface area contributed by atoms with Crippen LogP contribution in [0.2, 0.25) is 0 Å². The number of nitro benzene ring substituents is 1. The van der Waals surface area contributed by atoms with E-state index in [1.165, 1.54) is 20.1 Å². The van der Waals surface area contributed by atoms with Gasteiger partial charge in [-0.2, -0.15) is 26.3 Å². The highest BCUT2D eigenvalue weighted by Gasteiger charge is 2.39. The molecule has 0 aromatic heterocycles. The van der Waals surface area contributed by atoms with Crippen LogP contribution >= 0.6 is 0 Å². The molecular formula is C28H32F6N2O4. The summed E-state index contributed by atoms with van der Waals surface area (Å²) in [5, 5.41) is 22.8. The van der Waals surface area contributed by atoms with Gasteiger partial charge in [0.15, 0.2) is 0 Å². The maximum atomic E-state index is 13.4. The number of likely N-dealkylation sites (N-methyl/N-ethyl adjacent to an activating group) is 1. The minimum absolute atomic E-state index is 0.0193. The molecule has 0 unspecified atom stereocenters. The number of alkyl halides is 6. The number of aliphatic hydroxyl groups excluding tert-OH is 1. The van der Waals surface area contributed by atoms with Gasteiger partial charge >= 0.3 is 12.4 Å². The molecule has 2 aromatic carbocycles. The van der Waals surface area contributed by atoms with Crippen molar-refractivity contribution in [3.63, 3.8) is 0 Å². The Kier molecular flexibility index (Phi) is 8.55. The number of nitro groups is 1. The number of nitrogens with zero attached hydrogens (tertiary/aromatic N) is 2. The van der Waals surface area contributed by atoms with E-state index in [9.17, 15) is 41.6 Å². The number of rotatable bonds is 7. The molecule has 2 atom stereocenters. The van der Waals surface area contributed by atoms with Crippen LogP contribution in [0.15, 0.2) is 36.0 Å². The lowest BCUT2D eigenvalue weighted by Gasteiger charge is -2.41. The van der Waals surface area contributed by atoms with Crippen LogP contribution in [0, 0.1) is 22.5 Å². The summed E-state index contributed by atoms with van der Waals surface area (Å²) in [4.78, 5) is 12.8. The van der Waals surface area contributed by atoms with Crippen molar-refractivity contribution in [2.45, 2.75) is 71.5 Å². The van der Waals surface area contributed by atoms with Crippen molar-refractivity contribution in [2.24, 2.45) is 5.41 Å². The Balaban J connectivity index is 2.15. The van der Waals surface area contributed by atoms with Crippen molar-refractivity contribution in [2.75, 3.05) is 14.2 Å². The molecule has 2 aromatic rings. The monoisotopic (exact) mass is 574 g/mol. The van der Waals surface area contributed by atoms with E-state index in [2.05, 4.69) is 0 Å². The average Bonchev–Trinajstić information content (AvgIpc) is 2.85. The van der Waals surface area contributed by atoms with Crippen LogP contribution in [0.5, 0.6) is 5.75 Å². The predicted molar refractivity (Wildman–Crippen MR) is 138 cm³/mol. The minimum Gasteiger partial charge on any atom is -0.496 e. The summed E-state index contributed by atoms with van der Waals surface area (Å²) in [6.07, 6.45) is -10.2. The average molecular weight is 575 g/mol. The van der Waals surface area contributed by atoms with E-state index in [1.807, 2.05) is 13.8 Å². The van der Waals surface area contributed by atoms with Crippen molar-refractivity contribution in [1.29, 1.82) is 0 Å². The van der Waals surface area contributed by atoms with Crippen molar-refractivity contribution in [3.05, 3.63) is 74.0 Å². The number of allylic oxidation sites excluding steroid dienone is 2. The summed E-state index contributed by atoms with van der Waals surface area (Å²) < 4.78 is 86.1. The van der Waals surface area contributed by atoms with Crippen LogP contribution in [0.3, 0.4) is 0 Å². The standard InChI is InChI=1S/C28H32F6N2O4/c1-15-9-24(40-6)21(13-22(15)36(38)39)20-7-8-26(3,4)14-23(20)35(5)16(2)25(37)17-10-18(27(29,30)31)12-19(11-17)28(32,33)34/h9-13,16,25,37H,7-8,14H2,1-6H3/t16-,25-/m0/s1. The lowest BCUT2D eigenvalue weighted by atomic mass is 9.74. The van der Waals surface area contributed by atoms with Crippen LogP contribution in [-0.4, -0.2) is 35.1 Å². The molecule has 0 spiro atoms. The molecule has 0 amide bonds. The lowest BCUT2D eigenvalue weighted by Crippen LogP contribution is -2.37. The molecule has 40 heavy (non-hydrogen) atoms. The normalized spacial score (nSPS) is 17.4. The quantitative estimate of drug-likeness (QED) is 0.207. The van der Waals surface area contributed by atoms with Gasteiger partial charge in [0, 0.05) is 29.9 Å². The van der Waals surface area contributed by atoms with Crippen molar-refractivity contribution in [3.8, 4) is 5.75 Å². The van der Waals surface area contributed by atoms with E-state index in [0.717, 1.165) is 0 Å². The fourth-order valence-corrected chi connectivity index (χ4v) is 5.04. The molecule has 0 fully saturated rings. The number of aryl methyl sites for hydroxylation is 1. The number of hydrogen-bond acceptors (Lipinski definition) is 5. The summed E-state index contributed by atoms with van der Waals surface area (Å²) >= 11 is 0. The molecule has 0 heterocycles. The number of benzene rings is 2. The van der Waals surface area contributed by atoms with Gasteiger partial charge in [-0.3, -0.25) is 10.1 Å². The molecule has 1 aliphatic carbocycles. The molecule has 1 aliphatic rings. The summed E-state index contributed by atoms with van der Waals surface area (Å²) in [6, 6.07) is 3.07. The highest BCUT2D eigenvalue weighted by Crippen LogP contribution is 2.47. The SMILES string of the molecule is COc1cc(C)c([N+](=O)[O-])cc1C1=C(N(C)[C@@H](C)[C@H](O)c2cc(C(F)(F)F)cc(C(F)(F)F)c2)CC(C)(C)CC1. The molecule has 6 nitrogen and oxygen atoms in total. The summed E-state index contributed by atoms with van der Waals surface area (Å²) in [7, 11) is 3.02. The molecule has 0 saturated carbocycles. The third-order valence-electron chi connectivity index (χ3n) is 7.53. The van der Waals surface area contributed by atoms with Gasteiger partial charge in [0.1, 0.15) is 5.75 Å². The van der Waals surface area contributed by atoms with Crippen LogP contribution in [0.4, 0.5) is 32.0 Å². The van der Waals surface area contributed by atoms with Crippen LogP contribution in [0.25, 0.3) is 5.57 Å². The number of ether oxygens (including phenoxy) is 1. The molecule has 1 N–H and O–H groups in total. The topological polar surface area (TPSA) is 75.8 Å². The Labute approximate surface area is 228 Å². The first-order valence-corrected chi connectivity index (χ1v) is 12.5. The predicted octanol–water partition coefficient (Wildman–Crippen LogP) is 7.92.